The average molecular weight is 220 g/mol. The van der Waals surface area contributed by atoms with Crippen molar-refractivity contribution in [1.82, 2.24) is 0 Å². The number of hydrogen-bond donors (Lipinski definition) is 1. The minimum atomic E-state index is -4.68. The van der Waals surface area contributed by atoms with Gasteiger partial charge in [0.05, 0.1) is 7.11 Å². The highest BCUT2D eigenvalue weighted by Gasteiger charge is 2.40. The van der Waals surface area contributed by atoms with Gasteiger partial charge in [0.1, 0.15) is 5.75 Å². The van der Waals surface area contributed by atoms with Crippen LogP contribution in [0.1, 0.15) is 17.2 Å². The topological polar surface area (TPSA) is 29.5 Å². The lowest BCUT2D eigenvalue weighted by Crippen LogP contribution is -2.20. The number of methoxy groups -OCH3 is 1. The maximum atomic E-state index is 12.3. The van der Waals surface area contributed by atoms with Gasteiger partial charge in [0.15, 0.2) is 6.10 Å². The molecule has 1 atom stereocenters. The fourth-order valence-corrected chi connectivity index (χ4v) is 1.24. The maximum absolute atomic E-state index is 12.3. The highest BCUT2D eigenvalue weighted by molar-refractivity contribution is 5.38. The molecule has 0 aromatic heterocycles. The van der Waals surface area contributed by atoms with Crippen LogP contribution in [0, 0.1) is 6.92 Å². The molecule has 0 amide bonds. The Bertz CT molecular complexity index is 347. The maximum Gasteiger partial charge on any atom is 0.418 e. The first-order chi connectivity index (χ1) is 6.86. The second-order valence-electron chi connectivity index (χ2n) is 3.19. The second kappa shape index (κ2) is 4.10. The fraction of sp³-hybridized carbons (Fsp3) is 0.400. The molecule has 1 N–H and O–H groups in total. The van der Waals surface area contributed by atoms with Gasteiger partial charge < -0.3 is 9.84 Å². The Morgan fingerprint density at radius 2 is 1.93 bits per heavy atom. The number of hydrogen-bond acceptors (Lipinski definition) is 2. The summed E-state index contributed by atoms with van der Waals surface area (Å²) in [5, 5.41) is 9.09. The Balaban J connectivity index is 3.17. The van der Waals surface area contributed by atoms with Crippen LogP contribution in [0.4, 0.5) is 13.2 Å². The third-order valence-corrected chi connectivity index (χ3v) is 1.99. The Labute approximate surface area is 85.3 Å². The van der Waals surface area contributed by atoms with E-state index in [2.05, 4.69) is 0 Å². The minimum absolute atomic E-state index is 0.0328. The third kappa shape index (κ3) is 2.62. The quantitative estimate of drug-likeness (QED) is 0.830. The van der Waals surface area contributed by atoms with Crippen molar-refractivity contribution in [1.29, 1.82) is 0 Å². The SMILES string of the molecule is COc1ccc(C)cc1C(O)C(F)(F)F. The zero-order valence-electron chi connectivity index (χ0n) is 8.30. The smallest absolute Gasteiger partial charge is 0.418 e. The summed E-state index contributed by atoms with van der Waals surface area (Å²) in [6.45, 7) is 1.64. The van der Waals surface area contributed by atoms with E-state index < -0.39 is 12.3 Å². The Kier molecular flexibility index (Phi) is 3.24. The molecule has 5 heteroatoms. The predicted molar refractivity (Wildman–Crippen MR) is 48.7 cm³/mol. The van der Waals surface area contributed by atoms with E-state index in [9.17, 15) is 13.2 Å². The molecule has 0 fully saturated rings. The summed E-state index contributed by atoms with van der Waals surface area (Å²) in [5.41, 5.74) is 0.374. The number of aryl methyl sites for hydroxylation is 1. The van der Waals surface area contributed by atoms with Gasteiger partial charge in [0, 0.05) is 5.56 Å². The molecule has 0 bridgehead atoms. The summed E-state index contributed by atoms with van der Waals surface area (Å²) >= 11 is 0. The van der Waals surface area contributed by atoms with Crippen molar-refractivity contribution in [3.05, 3.63) is 29.3 Å². The van der Waals surface area contributed by atoms with Gasteiger partial charge in [-0.25, -0.2) is 0 Å². The molecule has 0 aliphatic heterocycles. The Morgan fingerprint density at radius 1 is 1.33 bits per heavy atom. The van der Waals surface area contributed by atoms with Gasteiger partial charge in [-0.3, -0.25) is 0 Å². The summed E-state index contributed by atoms with van der Waals surface area (Å²) < 4.78 is 41.6. The van der Waals surface area contributed by atoms with Crippen LogP contribution >= 0.6 is 0 Å². The molecule has 0 aliphatic carbocycles. The van der Waals surface area contributed by atoms with Gasteiger partial charge in [-0.15, -0.1) is 0 Å². The van der Waals surface area contributed by atoms with Crippen molar-refractivity contribution in [2.45, 2.75) is 19.2 Å². The Morgan fingerprint density at radius 3 is 2.40 bits per heavy atom. The lowest BCUT2D eigenvalue weighted by molar-refractivity contribution is -0.207. The number of rotatable bonds is 2. The molecular weight excluding hydrogens is 209 g/mol. The summed E-state index contributed by atoms with van der Waals surface area (Å²) in [6, 6.07) is 4.28. The highest BCUT2D eigenvalue weighted by atomic mass is 19.4. The van der Waals surface area contributed by atoms with Gasteiger partial charge in [-0.2, -0.15) is 13.2 Å². The largest absolute Gasteiger partial charge is 0.496 e. The molecule has 0 aliphatic rings. The molecule has 0 saturated carbocycles. The van der Waals surface area contributed by atoms with Gasteiger partial charge in [-0.05, 0) is 19.1 Å². The molecule has 0 spiro atoms. The lowest BCUT2D eigenvalue weighted by atomic mass is 10.1. The fourth-order valence-electron chi connectivity index (χ4n) is 1.24. The highest BCUT2D eigenvalue weighted by Crippen LogP contribution is 2.37. The van der Waals surface area contributed by atoms with Crippen LogP contribution in [0.25, 0.3) is 0 Å². The van der Waals surface area contributed by atoms with Gasteiger partial charge >= 0.3 is 6.18 Å². The van der Waals surface area contributed by atoms with E-state index in [1.165, 1.54) is 19.2 Å². The number of aliphatic hydroxyl groups excluding tert-OH is 1. The zero-order chi connectivity index (χ0) is 11.6. The van der Waals surface area contributed by atoms with Crippen molar-refractivity contribution in [3.8, 4) is 5.75 Å². The molecule has 0 heterocycles. The van der Waals surface area contributed by atoms with Crippen LogP contribution in [0.5, 0.6) is 5.75 Å². The summed E-state index contributed by atoms with van der Waals surface area (Å²) in [7, 11) is 1.26. The van der Waals surface area contributed by atoms with E-state index in [1.807, 2.05) is 0 Å². The van der Waals surface area contributed by atoms with Crippen LogP contribution in [-0.4, -0.2) is 18.4 Å². The first-order valence-electron chi connectivity index (χ1n) is 4.25. The Hall–Kier alpha value is -1.23. The standard InChI is InChI=1S/C10H11F3O2/c1-6-3-4-8(15-2)7(5-6)9(14)10(11,12)13/h3-5,9,14H,1-2H3. The van der Waals surface area contributed by atoms with Crippen molar-refractivity contribution in [2.24, 2.45) is 0 Å². The zero-order valence-corrected chi connectivity index (χ0v) is 8.30. The summed E-state index contributed by atoms with van der Waals surface area (Å²) in [4.78, 5) is 0. The van der Waals surface area contributed by atoms with Gasteiger partial charge in [0.25, 0.3) is 0 Å². The van der Waals surface area contributed by atoms with Crippen molar-refractivity contribution in [3.63, 3.8) is 0 Å². The van der Waals surface area contributed by atoms with Crippen LogP contribution in [0.2, 0.25) is 0 Å². The molecule has 0 radical (unpaired) electrons. The normalized spacial score (nSPS) is 13.7. The van der Waals surface area contributed by atoms with E-state index in [1.54, 1.807) is 13.0 Å². The predicted octanol–water partition coefficient (Wildman–Crippen LogP) is 2.60. The van der Waals surface area contributed by atoms with Crippen LogP contribution in [0.3, 0.4) is 0 Å². The number of aliphatic hydroxyl groups is 1. The van der Waals surface area contributed by atoms with Gasteiger partial charge in [-0.1, -0.05) is 11.6 Å². The summed E-state index contributed by atoms with van der Waals surface area (Å²) in [6.07, 6.45) is -7.19. The molecule has 84 valence electrons. The molecule has 1 aromatic rings. The third-order valence-electron chi connectivity index (χ3n) is 1.99. The van der Waals surface area contributed by atoms with E-state index >= 15 is 0 Å². The number of halogens is 3. The number of ether oxygens (including phenoxy) is 1. The van der Waals surface area contributed by atoms with Crippen molar-refractivity contribution in [2.75, 3.05) is 7.11 Å². The van der Waals surface area contributed by atoms with Crippen LogP contribution in [0.15, 0.2) is 18.2 Å². The lowest BCUT2D eigenvalue weighted by Gasteiger charge is -2.17. The molecular formula is C10H11F3O2. The van der Waals surface area contributed by atoms with E-state index in [-0.39, 0.29) is 11.3 Å². The molecule has 1 unspecified atom stereocenters. The minimum Gasteiger partial charge on any atom is -0.496 e. The average Bonchev–Trinajstić information content (AvgIpc) is 2.15. The second-order valence-corrected chi connectivity index (χ2v) is 3.19. The molecule has 1 aromatic carbocycles. The molecule has 15 heavy (non-hydrogen) atoms. The number of alkyl halides is 3. The van der Waals surface area contributed by atoms with E-state index in [0.29, 0.717) is 5.56 Å². The van der Waals surface area contributed by atoms with E-state index in [4.69, 9.17) is 9.84 Å². The van der Waals surface area contributed by atoms with Crippen molar-refractivity contribution >= 4 is 0 Å². The monoisotopic (exact) mass is 220 g/mol. The number of benzene rings is 1. The van der Waals surface area contributed by atoms with Crippen LogP contribution in [-0.2, 0) is 0 Å². The van der Waals surface area contributed by atoms with E-state index in [0.717, 1.165) is 0 Å². The van der Waals surface area contributed by atoms with Crippen LogP contribution < -0.4 is 4.74 Å². The molecule has 0 saturated heterocycles. The molecule has 2 nitrogen and oxygen atoms in total. The van der Waals surface area contributed by atoms with Crippen molar-refractivity contribution < 1.29 is 23.0 Å². The molecule has 1 rings (SSSR count). The summed E-state index contributed by atoms with van der Waals surface area (Å²) in [5.74, 6) is 0.0328. The first kappa shape index (κ1) is 11.8. The van der Waals surface area contributed by atoms with Gasteiger partial charge in [0.2, 0.25) is 0 Å². The first-order valence-corrected chi connectivity index (χ1v) is 4.25.